The van der Waals surface area contributed by atoms with Crippen LogP contribution in [0.15, 0.2) is 110 Å². The van der Waals surface area contributed by atoms with Gasteiger partial charge < -0.3 is 34.5 Å². The number of halogens is 2. The fourth-order valence-electron chi connectivity index (χ4n) is 7.96. The maximum absolute atomic E-state index is 12.1. The molecule has 2 heterocycles. The Morgan fingerprint density at radius 1 is 0.667 bits per heavy atom. The number of aliphatic carboxylic acids is 1. The number of carboxylic acid groups (broad SMARTS) is 1. The average molecular weight is 1050 g/mol. The van der Waals surface area contributed by atoms with Crippen LogP contribution in [0.4, 0.5) is 0 Å². The largest absolute Gasteiger partial charge is 0.511 e. The van der Waals surface area contributed by atoms with E-state index < -0.39 is 11.9 Å². The number of aliphatic hydroxyl groups excluding tert-OH is 1. The minimum atomic E-state index is -0.834. The van der Waals surface area contributed by atoms with Crippen LogP contribution in [0.1, 0.15) is 74.9 Å². The molecule has 6 rings (SSSR count). The van der Waals surface area contributed by atoms with Crippen LogP contribution in [0.2, 0.25) is 10.0 Å². The number of nitriles is 2. The van der Waals surface area contributed by atoms with E-state index in [-0.39, 0.29) is 38.2 Å². The molecular weight excluding hydrogens is 990 g/mol. The van der Waals surface area contributed by atoms with Crippen molar-refractivity contribution in [2.45, 2.75) is 78.5 Å². The predicted molar refractivity (Wildman–Crippen MR) is 287 cm³/mol. The Balaban J connectivity index is 1.21. The van der Waals surface area contributed by atoms with Crippen LogP contribution in [0.3, 0.4) is 0 Å². The van der Waals surface area contributed by atoms with Gasteiger partial charge in [0.15, 0.2) is 0 Å². The number of hydrogen-bond acceptors (Lipinski definition) is 13. The second-order valence-corrected chi connectivity index (χ2v) is 19.8. The molecule has 0 radical (unpaired) electrons. The molecule has 0 saturated carbocycles. The van der Waals surface area contributed by atoms with Crippen molar-refractivity contribution in [3.63, 3.8) is 0 Å². The summed E-state index contributed by atoms with van der Waals surface area (Å²) in [6.45, 7) is 8.89. The Morgan fingerprint density at radius 3 is 1.64 bits per heavy atom. The van der Waals surface area contributed by atoms with E-state index in [1.54, 1.807) is 72.3 Å². The fourth-order valence-corrected chi connectivity index (χ4v) is 9.44. The first-order valence-corrected chi connectivity index (χ1v) is 26.7. The lowest BCUT2D eigenvalue weighted by atomic mass is 9.92. The number of carbonyl (C=O) groups is 1. The molecule has 374 valence electrons. The highest BCUT2D eigenvalue weighted by molar-refractivity contribution is 7.98. The van der Waals surface area contributed by atoms with Gasteiger partial charge in [-0.15, -0.1) is 0 Å². The van der Waals surface area contributed by atoms with Gasteiger partial charge in [-0.05, 0) is 127 Å². The Morgan fingerprint density at radius 2 is 1.15 bits per heavy atom. The first-order valence-electron chi connectivity index (χ1n) is 23.2. The van der Waals surface area contributed by atoms with E-state index in [1.807, 2.05) is 36.8 Å². The summed E-state index contributed by atoms with van der Waals surface area (Å²) >= 11 is 17.1. The normalized spacial score (nSPS) is 11.8. The van der Waals surface area contributed by atoms with E-state index in [1.165, 1.54) is 12.4 Å². The van der Waals surface area contributed by atoms with Crippen molar-refractivity contribution in [1.29, 1.82) is 10.5 Å². The van der Waals surface area contributed by atoms with Crippen molar-refractivity contribution < 1.29 is 34.0 Å². The van der Waals surface area contributed by atoms with E-state index in [2.05, 4.69) is 60.0 Å². The number of aryl methyl sites for hydroxylation is 1. The van der Waals surface area contributed by atoms with Crippen molar-refractivity contribution in [3.8, 4) is 46.3 Å². The van der Waals surface area contributed by atoms with Gasteiger partial charge in [-0.3, -0.25) is 14.8 Å². The molecule has 2 aromatic heterocycles. The second-order valence-electron chi connectivity index (χ2n) is 17.1. The molecule has 0 fully saturated rings. The number of nitrogens with one attached hydrogen (secondary N) is 1. The molecular formula is C56H57Cl2N5O7S2. The molecule has 72 heavy (non-hydrogen) atoms. The quantitative estimate of drug-likeness (QED) is 0.0415. The number of aromatic nitrogens is 2. The summed E-state index contributed by atoms with van der Waals surface area (Å²) in [5, 5.41) is 43.2. The lowest BCUT2D eigenvalue weighted by Crippen LogP contribution is -2.31. The van der Waals surface area contributed by atoms with Crippen LogP contribution in [0.5, 0.6) is 23.0 Å². The van der Waals surface area contributed by atoms with E-state index in [0.29, 0.717) is 82.0 Å². The SMILES string of the molecule is C=C(O)C(CCSC)NCc1cc(Cl)c(OCc2cccc(-c3cccc(COc4cc(OCc5cncc(C#N)c5)c(CCC(CCSC)C(=O)O)cc4Cl)c3C)c2C)cc1OCc1cncc(C#N)c1. The lowest BCUT2D eigenvalue weighted by Gasteiger charge is -2.20. The molecule has 0 aliphatic heterocycles. The van der Waals surface area contributed by atoms with Gasteiger partial charge in [-0.25, -0.2) is 0 Å². The number of thioether (sulfide) groups is 2. The molecule has 16 heteroatoms. The highest BCUT2D eigenvalue weighted by atomic mass is 35.5. The molecule has 4 aromatic carbocycles. The van der Waals surface area contributed by atoms with E-state index in [4.69, 9.17) is 42.1 Å². The first kappa shape index (κ1) is 54.9. The van der Waals surface area contributed by atoms with Crippen LogP contribution < -0.4 is 24.3 Å². The zero-order valence-electron chi connectivity index (χ0n) is 40.7. The Bertz CT molecular complexity index is 2750. The Labute approximate surface area is 440 Å². The number of pyridine rings is 2. The van der Waals surface area contributed by atoms with Crippen molar-refractivity contribution in [3.05, 3.63) is 176 Å². The first-order chi connectivity index (χ1) is 34.8. The second kappa shape index (κ2) is 27.4. The van der Waals surface area contributed by atoms with Gasteiger partial charge >= 0.3 is 5.97 Å². The van der Waals surface area contributed by atoms with Crippen molar-refractivity contribution in [2.24, 2.45) is 5.92 Å². The highest BCUT2D eigenvalue weighted by Crippen LogP contribution is 2.38. The zero-order valence-corrected chi connectivity index (χ0v) is 43.8. The minimum Gasteiger partial charge on any atom is -0.511 e. The van der Waals surface area contributed by atoms with Crippen molar-refractivity contribution in [2.75, 3.05) is 24.0 Å². The molecule has 0 aliphatic carbocycles. The number of ether oxygens (including phenoxy) is 4. The molecule has 0 bridgehead atoms. The summed E-state index contributed by atoms with van der Waals surface area (Å²) in [6, 6.07) is 26.6. The monoisotopic (exact) mass is 1050 g/mol. The molecule has 0 aliphatic rings. The molecule has 2 unspecified atom stereocenters. The third-order valence-electron chi connectivity index (χ3n) is 12.1. The van der Waals surface area contributed by atoms with Gasteiger partial charge in [0, 0.05) is 60.2 Å². The van der Waals surface area contributed by atoms with Gasteiger partial charge in [0.25, 0.3) is 0 Å². The number of aliphatic hydroxyl groups is 1. The van der Waals surface area contributed by atoms with Gasteiger partial charge in [0.1, 0.15) is 67.3 Å². The molecule has 0 amide bonds. The van der Waals surface area contributed by atoms with Gasteiger partial charge in [-0.2, -0.15) is 34.0 Å². The highest BCUT2D eigenvalue weighted by Gasteiger charge is 2.21. The van der Waals surface area contributed by atoms with E-state index in [0.717, 1.165) is 61.6 Å². The smallest absolute Gasteiger partial charge is 0.306 e. The van der Waals surface area contributed by atoms with Crippen molar-refractivity contribution >= 4 is 52.7 Å². The molecule has 2 atom stereocenters. The average Bonchev–Trinajstić information content (AvgIpc) is 3.38. The van der Waals surface area contributed by atoms with Gasteiger partial charge in [0.2, 0.25) is 0 Å². The molecule has 3 N–H and O–H groups in total. The Kier molecular flexibility index (Phi) is 20.9. The van der Waals surface area contributed by atoms with E-state index >= 15 is 0 Å². The lowest BCUT2D eigenvalue weighted by molar-refractivity contribution is -0.142. The van der Waals surface area contributed by atoms with Crippen LogP contribution in [0, 0.1) is 42.4 Å². The number of hydrogen-bond donors (Lipinski definition) is 3. The molecule has 0 saturated heterocycles. The van der Waals surface area contributed by atoms with Crippen LogP contribution in [-0.4, -0.2) is 56.2 Å². The maximum Gasteiger partial charge on any atom is 0.306 e. The van der Waals surface area contributed by atoms with E-state index in [9.17, 15) is 25.5 Å². The van der Waals surface area contributed by atoms with Crippen LogP contribution in [-0.2, 0) is 44.2 Å². The predicted octanol–water partition coefficient (Wildman–Crippen LogP) is 12.8. The van der Waals surface area contributed by atoms with Gasteiger partial charge in [-0.1, -0.05) is 66.2 Å². The van der Waals surface area contributed by atoms with Crippen LogP contribution in [0.25, 0.3) is 11.1 Å². The minimum absolute atomic E-state index is 0.0514. The summed E-state index contributed by atoms with van der Waals surface area (Å²) in [7, 11) is 0. The summed E-state index contributed by atoms with van der Waals surface area (Å²) in [6.07, 6.45) is 12.3. The summed E-state index contributed by atoms with van der Waals surface area (Å²) in [5.41, 5.74) is 9.73. The Hall–Kier alpha value is -6.39. The zero-order chi connectivity index (χ0) is 51.6. The van der Waals surface area contributed by atoms with Gasteiger partial charge in [0.05, 0.1) is 33.1 Å². The summed E-state index contributed by atoms with van der Waals surface area (Å²) in [4.78, 5) is 20.4. The maximum atomic E-state index is 12.1. The van der Waals surface area contributed by atoms with Crippen LogP contribution >= 0.6 is 46.7 Å². The van der Waals surface area contributed by atoms with Crippen molar-refractivity contribution in [1.82, 2.24) is 15.3 Å². The third-order valence-corrected chi connectivity index (χ3v) is 14.0. The fraction of sp³-hybridized carbons (Fsp3) is 0.304. The molecule has 0 spiro atoms. The number of rotatable bonds is 27. The summed E-state index contributed by atoms with van der Waals surface area (Å²) in [5.74, 6) is 2.12. The number of nitrogens with zero attached hydrogens (tertiary/aromatic N) is 4. The molecule has 12 nitrogen and oxygen atoms in total. The number of carboxylic acids is 1. The third kappa shape index (κ3) is 15.3. The topological polar surface area (TPSA) is 180 Å². The summed E-state index contributed by atoms with van der Waals surface area (Å²) < 4.78 is 25.5. The number of benzene rings is 4. The standard InChI is InChI=1S/C56H57Cl2N5O7S2/c1-35-44(33-69-54-22-52(67-31-40-18-38(24-59)26-61-28-40)43(20-49(54)57)13-12-42(56(65)66)14-16-71-4)8-6-10-47(35)48-11-7-9-45(36(48)2)34-70-55-23-53(68-32-41-19-39(25-60)27-62-29-41)46(21-50(55)58)30-63-51(37(3)64)15-17-72-5/h6-11,18-23,26-29,42,51,63-64H,3,12-17,30-34H2,1-2,4-5H3,(H,65,66). The molecule has 6 aromatic rings.